The molecule has 0 bridgehead atoms. The van der Waals surface area contributed by atoms with Crippen LogP contribution in [0.5, 0.6) is 0 Å². The van der Waals surface area contributed by atoms with E-state index in [2.05, 4.69) is 4.98 Å². The summed E-state index contributed by atoms with van der Waals surface area (Å²) in [7, 11) is 0. The maximum atomic E-state index is 11.9. The largest absolute Gasteiger partial charge is 0.292 e. The normalized spacial score (nSPS) is 13.2. The van der Waals surface area contributed by atoms with Crippen molar-refractivity contribution in [3.63, 3.8) is 0 Å². The average Bonchev–Trinajstić information content (AvgIpc) is 2.29. The minimum absolute atomic E-state index is 0.0605. The average molecular weight is 230 g/mol. The summed E-state index contributed by atoms with van der Waals surface area (Å²) in [6, 6.07) is 9.41. The molecule has 0 aliphatic heterocycles. The lowest BCUT2D eigenvalue weighted by Gasteiger charge is -2.17. The summed E-state index contributed by atoms with van der Waals surface area (Å²) in [5.74, 6) is 0.0605. The first-order valence-corrected chi connectivity index (χ1v) is 5.40. The molecule has 0 amide bonds. The maximum Gasteiger partial charge on any atom is 0.186 e. The minimum atomic E-state index is 0.0605. The first-order valence-electron chi connectivity index (χ1n) is 5.03. The van der Waals surface area contributed by atoms with Crippen LogP contribution in [-0.2, 0) is 6.42 Å². The van der Waals surface area contributed by atoms with Crippen LogP contribution in [0.15, 0.2) is 36.5 Å². The van der Waals surface area contributed by atoms with Gasteiger partial charge in [-0.25, -0.2) is 0 Å². The molecular weight excluding hydrogens is 222 g/mol. The Labute approximate surface area is 97.9 Å². The number of halogens is 1. The summed E-state index contributed by atoms with van der Waals surface area (Å²) in [6.07, 6.45) is 2.04. The van der Waals surface area contributed by atoms with Crippen molar-refractivity contribution in [3.8, 4) is 11.1 Å². The molecule has 3 rings (SSSR count). The highest BCUT2D eigenvalue weighted by Gasteiger charge is 2.23. The van der Waals surface area contributed by atoms with Crippen molar-refractivity contribution in [2.24, 2.45) is 0 Å². The van der Waals surface area contributed by atoms with Crippen LogP contribution in [0.4, 0.5) is 0 Å². The van der Waals surface area contributed by atoms with E-state index in [4.69, 9.17) is 11.6 Å². The number of rotatable bonds is 0. The Kier molecular flexibility index (Phi) is 2.04. The Morgan fingerprint density at radius 2 is 2.06 bits per heavy atom. The zero-order valence-corrected chi connectivity index (χ0v) is 9.16. The first kappa shape index (κ1) is 9.55. The van der Waals surface area contributed by atoms with Crippen LogP contribution in [0.1, 0.15) is 16.1 Å². The fourth-order valence-electron chi connectivity index (χ4n) is 2.07. The van der Waals surface area contributed by atoms with Gasteiger partial charge in [-0.1, -0.05) is 23.7 Å². The molecule has 1 aromatic carbocycles. The van der Waals surface area contributed by atoms with Gasteiger partial charge in [0.25, 0.3) is 0 Å². The molecule has 0 spiro atoms. The zero-order valence-electron chi connectivity index (χ0n) is 8.40. The third-order valence-electron chi connectivity index (χ3n) is 2.78. The van der Waals surface area contributed by atoms with E-state index in [1.807, 2.05) is 30.3 Å². The number of benzene rings is 1. The summed E-state index contributed by atoms with van der Waals surface area (Å²) < 4.78 is 0. The van der Waals surface area contributed by atoms with E-state index in [0.29, 0.717) is 17.1 Å². The highest BCUT2D eigenvalue weighted by atomic mass is 35.5. The van der Waals surface area contributed by atoms with Crippen LogP contribution in [0.25, 0.3) is 11.1 Å². The molecule has 0 saturated carbocycles. The van der Waals surface area contributed by atoms with Gasteiger partial charge < -0.3 is 0 Å². The van der Waals surface area contributed by atoms with Gasteiger partial charge >= 0.3 is 0 Å². The van der Waals surface area contributed by atoms with E-state index in [1.54, 1.807) is 6.20 Å². The number of fused-ring (bicyclic) bond motifs is 3. The molecule has 3 heteroatoms. The lowest BCUT2D eigenvalue weighted by molar-refractivity contribution is 0.0987. The lowest BCUT2D eigenvalue weighted by atomic mass is 9.88. The topological polar surface area (TPSA) is 30.0 Å². The van der Waals surface area contributed by atoms with Crippen molar-refractivity contribution in [3.05, 3.63) is 52.8 Å². The SMILES string of the molecule is O=C1Cc2cc(Cl)ccc2-c2cccnc21. The predicted molar refractivity (Wildman–Crippen MR) is 62.7 cm³/mol. The summed E-state index contributed by atoms with van der Waals surface area (Å²) in [5.41, 5.74) is 3.52. The standard InChI is InChI=1S/C13H8ClNO/c14-9-3-4-10-8(6-9)7-12(16)13-11(10)2-1-5-15-13/h1-6H,7H2. The third kappa shape index (κ3) is 1.34. The second kappa shape index (κ2) is 3.42. The summed E-state index contributed by atoms with van der Waals surface area (Å²) >= 11 is 5.92. The summed E-state index contributed by atoms with van der Waals surface area (Å²) in [6.45, 7) is 0. The molecule has 0 N–H and O–H groups in total. The Hall–Kier alpha value is -1.67. The molecule has 16 heavy (non-hydrogen) atoms. The fourth-order valence-corrected chi connectivity index (χ4v) is 2.27. The predicted octanol–water partition coefficient (Wildman–Crippen LogP) is 3.14. The van der Waals surface area contributed by atoms with Crippen LogP contribution in [0.3, 0.4) is 0 Å². The third-order valence-corrected chi connectivity index (χ3v) is 3.02. The molecule has 0 radical (unpaired) electrons. The van der Waals surface area contributed by atoms with E-state index in [1.165, 1.54) is 0 Å². The molecule has 1 heterocycles. The van der Waals surface area contributed by atoms with Gasteiger partial charge in [-0.05, 0) is 29.3 Å². The molecule has 78 valence electrons. The molecule has 1 aliphatic carbocycles. The number of carbonyl (C=O) groups is 1. The van der Waals surface area contributed by atoms with E-state index in [9.17, 15) is 4.79 Å². The summed E-state index contributed by atoms with van der Waals surface area (Å²) in [5, 5.41) is 0.666. The molecule has 1 aliphatic rings. The van der Waals surface area contributed by atoms with Crippen LogP contribution >= 0.6 is 11.6 Å². The quantitative estimate of drug-likeness (QED) is 0.695. The van der Waals surface area contributed by atoms with Gasteiger partial charge in [0, 0.05) is 23.2 Å². The molecule has 2 aromatic rings. The van der Waals surface area contributed by atoms with Crippen molar-refractivity contribution in [2.45, 2.75) is 6.42 Å². The van der Waals surface area contributed by atoms with Gasteiger partial charge in [0.15, 0.2) is 5.78 Å². The minimum Gasteiger partial charge on any atom is -0.292 e. The van der Waals surface area contributed by atoms with Crippen molar-refractivity contribution in [1.29, 1.82) is 0 Å². The highest BCUT2D eigenvalue weighted by Crippen LogP contribution is 2.33. The second-order valence-corrected chi connectivity index (χ2v) is 4.24. The van der Waals surface area contributed by atoms with E-state index >= 15 is 0 Å². The molecular formula is C13H8ClNO. The molecule has 0 fully saturated rings. The Bertz CT molecular complexity index is 592. The Balaban J connectivity index is 2.32. The lowest BCUT2D eigenvalue weighted by Crippen LogP contribution is -2.13. The van der Waals surface area contributed by atoms with Crippen LogP contribution in [-0.4, -0.2) is 10.8 Å². The number of hydrogen-bond acceptors (Lipinski definition) is 2. The molecule has 1 aromatic heterocycles. The molecule has 0 saturated heterocycles. The highest BCUT2D eigenvalue weighted by molar-refractivity contribution is 6.30. The second-order valence-electron chi connectivity index (χ2n) is 3.80. The van der Waals surface area contributed by atoms with Gasteiger partial charge in [0.05, 0.1) is 0 Å². The van der Waals surface area contributed by atoms with Gasteiger partial charge in [-0.2, -0.15) is 0 Å². The van der Waals surface area contributed by atoms with E-state index in [-0.39, 0.29) is 5.78 Å². The summed E-state index contributed by atoms with van der Waals surface area (Å²) in [4.78, 5) is 16.0. The number of pyridine rings is 1. The van der Waals surface area contributed by atoms with E-state index < -0.39 is 0 Å². The van der Waals surface area contributed by atoms with E-state index in [0.717, 1.165) is 16.7 Å². The van der Waals surface area contributed by atoms with Crippen molar-refractivity contribution >= 4 is 17.4 Å². The Morgan fingerprint density at radius 1 is 1.19 bits per heavy atom. The number of Topliss-reactive ketones (excluding diaryl/α,β-unsaturated/α-hetero) is 1. The number of aromatic nitrogens is 1. The van der Waals surface area contributed by atoms with Gasteiger partial charge in [-0.15, -0.1) is 0 Å². The Morgan fingerprint density at radius 3 is 2.94 bits per heavy atom. The fraction of sp³-hybridized carbons (Fsp3) is 0.0769. The van der Waals surface area contributed by atoms with Crippen LogP contribution < -0.4 is 0 Å². The van der Waals surface area contributed by atoms with Crippen molar-refractivity contribution in [1.82, 2.24) is 4.98 Å². The molecule has 2 nitrogen and oxygen atoms in total. The van der Waals surface area contributed by atoms with Crippen molar-refractivity contribution in [2.75, 3.05) is 0 Å². The number of ketones is 1. The molecule has 0 unspecified atom stereocenters. The van der Waals surface area contributed by atoms with Crippen LogP contribution in [0.2, 0.25) is 5.02 Å². The van der Waals surface area contributed by atoms with Gasteiger partial charge in [-0.3, -0.25) is 9.78 Å². The number of carbonyl (C=O) groups excluding carboxylic acids is 1. The monoisotopic (exact) mass is 229 g/mol. The van der Waals surface area contributed by atoms with Gasteiger partial charge in [0.1, 0.15) is 5.69 Å². The van der Waals surface area contributed by atoms with Gasteiger partial charge in [0.2, 0.25) is 0 Å². The number of nitrogens with zero attached hydrogens (tertiary/aromatic N) is 1. The maximum absolute atomic E-state index is 11.9. The number of hydrogen-bond donors (Lipinski definition) is 0. The smallest absolute Gasteiger partial charge is 0.186 e. The first-order chi connectivity index (χ1) is 7.75. The molecule has 0 atom stereocenters. The van der Waals surface area contributed by atoms with Crippen molar-refractivity contribution < 1.29 is 4.79 Å². The van der Waals surface area contributed by atoms with Crippen LogP contribution in [0, 0.1) is 0 Å². The zero-order chi connectivity index (χ0) is 11.1.